The molecule has 21 nitrogen and oxygen atoms in total. The number of hydrogen-bond donors (Lipinski definition) is 10. The number of nitrogens with zero attached hydrogens (tertiary/aromatic N) is 3. The molecule has 1 aromatic rings. The van der Waals surface area contributed by atoms with Crippen LogP contribution in [-0.2, 0) is 50.8 Å². The Bertz CT molecular complexity index is 1550. The molecule has 2 aliphatic rings. The second kappa shape index (κ2) is 18.4. The zero-order valence-corrected chi connectivity index (χ0v) is 30.9. The number of aryl methyl sites for hydroxylation is 1. The lowest BCUT2D eigenvalue weighted by molar-refractivity contribution is -0.139. The van der Waals surface area contributed by atoms with Crippen LogP contribution < -0.4 is 27.0 Å². The number of primary amides is 1. The highest BCUT2D eigenvalue weighted by molar-refractivity contribution is 7.46. The summed E-state index contributed by atoms with van der Waals surface area (Å²) in [7, 11) is -5.13. The standard InChI is InChI=1S/C31H51N8O13P/c1-16(2)10-21(35-29(47)23-6-5-8-39(23)18(4)41)27(45)34-22(11-19-13-33-15-38(19)9-7-20(42)14-40)28(46)37-31(12-24(31)43)30(48)36-25(26(32)44)17(3)52-53(49,50)51/h13,15-17,20-25,40,42-43H,5-12,14H2,1-4H3,(H2,32,44)(H,34,45)(H,35,47)(H,36,48)(H,37,46)(H2,49,50,51)/t17-,20+,21+,22+,23+,24-,25+,31?/m1/s1. The minimum absolute atomic E-state index is 0.116. The molecule has 22 heteroatoms. The number of imidazole rings is 1. The fraction of sp³-hybridized carbons (Fsp3) is 0.710. The molecule has 6 amide bonds. The topological polar surface area (TPSA) is 325 Å². The number of aliphatic hydroxyl groups is 3. The van der Waals surface area contributed by atoms with Gasteiger partial charge in [0, 0.05) is 44.7 Å². The molecule has 11 N–H and O–H groups in total. The maximum Gasteiger partial charge on any atom is 0.469 e. The highest BCUT2D eigenvalue weighted by Gasteiger charge is 2.62. The number of aliphatic hydroxyl groups excluding tert-OH is 3. The van der Waals surface area contributed by atoms with Gasteiger partial charge in [-0.25, -0.2) is 9.55 Å². The van der Waals surface area contributed by atoms with Gasteiger partial charge in [0.15, 0.2) is 0 Å². The molecule has 1 aliphatic carbocycles. The minimum atomic E-state index is -5.13. The quantitative estimate of drug-likeness (QED) is 0.0570. The number of likely N-dealkylation sites (tertiary alicyclic amines) is 1. The monoisotopic (exact) mass is 774 g/mol. The van der Waals surface area contributed by atoms with Crippen LogP contribution in [0.3, 0.4) is 0 Å². The van der Waals surface area contributed by atoms with Gasteiger partial charge in [0.05, 0.1) is 31.2 Å². The lowest BCUT2D eigenvalue weighted by atomic mass is 10.0. The molecule has 1 saturated carbocycles. The van der Waals surface area contributed by atoms with Crippen molar-refractivity contribution >= 4 is 43.3 Å². The molecule has 1 aliphatic heterocycles. The number of carbonyl (C=O) groups is 6. The van der Waals surface area contributed by atoms with Crippen molar-refractivity contribution in [2.45, 2.75) is 121 Å². The van der Waals surface area contributed by atoms with E-state index in [0.29, 0.717) is 25.1 Å². The number of nitrogens with two attached hydrogens (primary N) is 1. The molecule has 0 spiro atoms. The van der Waals surface area contributed by atoms with E-state index in [1.165, 1.54) is 24.3 Å². The minimum Gasteiger partial charge on any atom is -0.394 e. The van der Waals surface area contributed by atoms with Gasteiger partial charge in [-0.2, -0.15) is 0 Å². The number of phosphoric acid groups is 1. The summed E-state index contributed by atoms with van der Waals surface area (Å²) >= 11 is 0. The third-order valence-corrected chi connectivity index (χ3v) is 9.71. The zero-order valence-electron chi connectivity index (χ0n) is 30.0. The number of aromatic nitrogens is 2. The van der Waals surface area contributed by atoms with Gasteiger partial charge >= 0.3 is 7.82 Å². The van der Waals surface area contributed by atoms with Crippen LogP contribution in [0.15, 0.2) is 12.5 Å². The summed E-state index contributed by atoms with van der Waals surface area (Å²) in [5.74, 6) is -5.06. The average molecular weight is 775 g/mol. The van der Waals surface area contributed by atoms with E-state index in [1.807, 2.05) is 13.8 Å². The number of carbonyl (C=O) groups excluding carboxylic acids is 6. The molecule has 1 saturated heterocycles. The van der Waals surface area contributed by atoms with Crippen molar-refractivity contribution in [3.05, 3.63) is 18.2 Å². The molecule has 3 rings (SSSR count). The maximum atomic E-state index is 14.0. The van der Waals surface area contributed by atoms with Gasteiger partial charge in [0.25, 0.3) is 0 Å². The Labute approximate surface area is 305 Å². The number of amides is 6. The van der Waals surface area contributed by atoms with Crippen LogP contribution in [0.5, 0.6) is 0 Å². The van der Waals surface area contributed by atoms with Gasteiger partial charge < -0.3 is 61.6 Å². The van der Waals surface area contributed by atoms with Crippen LogP contribution in [-0.4, -0.2) is 136 Å². The number of phosphoric ester groups is 1. The van der Waals surface area contributed by atoms with Gasteiger partial charge in [-0.1, -0.05) is 13.8 Å². The first-order valence-electron chi connectivity index (χ1n) is 17.2. The van der Waals surface area contributed by atoms with Crippen LogP contribution >= 0.6 is 7.82 Å². The fourth-order valence-electron chi connectivity index (χ4n) is 6.13. The third-order valence-electron chi connectivity index (χ3n) is 9.10. The van der Waals surface area contributed by atoms with Gasteiger partial charge in [0.1, 0.15) is 29.7 Å². The highest BCUT2D eigenvalue weighted by atomic mass is 31.2. The normalized spacial score (nSPS) is 22.6. The van der Waals surface area contributed by atoms with Crippen molar-refractivity contribution in [2.75, 3.05) is 13.2 Å². The largest absolute Gasteiger partial charge is 0.469 e. The summed E-state index contributed by atoms with van der Waals surface area (Å²) < 4.78 is 17.4. The highest BCUT2D eigenvalue weighted by Crippen LogP contribution is 2.39. The van der Waals surface area contributed by atoms with Gasteiger partial charge in [-0.05, 0) is 38.5 Å². The second-order valence-corrected chi connectivity index (χ2v) is 15.1. The summed E-state index contributed by atoms with van der Waals surface area (Å²) in [5.41, 5.74) is 3.67. The first kappa shape index (κ1) is 43.4. The molecule has 1 unspecified atom stereocenters. The number of rotatable bonds is 20. The summed E-state index contributed by atoms with van der Waals surface area (Å²) in [6.07, 6.45) is -0.689. The predicted octanol–water partition coefficient (Wildman–Crippen LogP) is -3.72. The summed E-state index contributed by atoms with van der Waals surface area (Å²) in [4.78, 5) is 103. The molecule has 53 heavy (non-hydrogen) atoms. The molecule has 0 aromatic carbocycles. The van der Waals surface area contributed by atoms with Crippen LogP contribution in [0.25, 0.3) is 0 Å². The Balaban J connectivity index is 1.89. The van der Waals surface area contributed by atoms with E-state index in [0.717, 1.165) is 6.92 Å². The lowest BCUT2D eigenvalue weighted by Crippen LogP contribution is -2.62. The maximum absolute atomic E-state index is 14.0. The molecule has 8 atom stereocenters. The van der Waals surface area contributed by atoms with Gasteiger partial charge in [0.2, 0.25) is 35.4 Å². The molecular weight excluding hydrogens is 723 g/mol. The zero-order chi connectivity index (χ0) is 39.8. The molecule has 298 valence electrons. The second-order valence-electron chi connectivity index (χ2n) is 13.9. The van der Waals surface area contributed by atoms with Crippen LogP contribution in [0.1, 0.15) is 65.5 Å². The van der Waals surface area contributed by atoms with Crippen molar-refractivity contribution in [2.24, 2.45) is 11.7 Å². The van der Waals surface area contributed by atoms with Crippen LogP contribution in [0.2, 0.25) is 0 Å². The summed E-state index contributed by atoms with van der Waals surface area (Å²) in [6, 6.07) is -5.22. The molecule has 0 bridgehead atoms. The van der Waals surface area contributed by atoms with Crippen LogP contribution in [0.4, 0.5) is 0 Å². The molecular formula is C31H51N8O13P. The SMILES string of the molecule is CC(=O)N1CCC[C@H]1C(=O)N[C@@H](CC(C)C)C(=O)N[C@@H](Cc1cncn1CC[C@H](O)CO)C(=O)NC1(C(=O)N[C@H](C(N)=O)[C@@H](C)OP(=O)(O)O)C[C@H]1O. The van der Waals surface area contributed by atoms with Crippen LogP contribution in [0, 0.1) is 5.92 Å². The van der Waals surface area contributed by atoms with Crippen molar-refractivity contribution in [3.63, 3.8) is 0 Å². The Kier molecular flexibility index (Phi) is 15.1. The van der Waals surface area contributed by atoms with Crippen molar-refractivity contribution in [1.82, 2.24) is 35.7 Å². The third kappa shape index (κ3) is 12.0. The molecule has 1 aromatic heterocycles. The Morgan fingerprint density at radius 1 is 1.09 bits per heavy atom. The van der Waals surface area contributed by atoms with Gasteiger partial charge in [-0.15, -0.1) is 0 Å². The van der Waals surface area contributed by atoms with Crippen molar-refractivity contribution in [1.29, 1.82) is 0 Å². The van der Waals surface area contributed by atoms with E-state index in [4.69, 9.17) is 15.5 Å². The van der Waals surface area contributed by atoms with E-state index in [-0.39, 0.29) is 44.1 Å². The van der Waals surface area contributed by atoms with E-state index >= 15 is 0 Å². The molecule has 0 radical (unpaired) electrons. The lowest BCUT2D eigenvalue weighted by Gasteiger charge is -2.29. The van der Waals surface area contributed by atoms with E-state index < -0.39 is 92.0 Å². The molecule has 2 fully saturated rings. The van der Waals surface area contributed by atoms with E-state index in [1.54, 1.807) is 4.57 Å². The predicted molar refractivity (Wildman–Crippen MR) is 183 cm³/mol. The number of nitrogens with one attached hydrogen (secondary N) is 4. The summed E-state index contributed by atoms with van der Waals surface area (Å²) in [5, 5.41) is 39.6. The Hall–Kier alpha value is -3.98. The molecule has 2 heterocycles. The van der Waals surface area contributed by atoms with Crippen molar-refractivity contribution < 1.29 is 63.0 Å². The van der Waals surface area contributed by atoms with E-state index in [2.05, 4.69) is 30.8 Å². The van der Waals surface area contributed by atoms with Crippen molar-refractivity contribution in [3.8, 4) is 0 Å². The first-order chi connectivity index (χ1) is 24.7. The smallest absolute Gasteiger partial charge is 0.394 e. The van der Waals surface area contributed by atoms with E-state index in [9.17, 15) is 48.7 Å². The average Bonchev–Trinajstić information content (AvgIpc) is 3.39. The fourth-order valence-corrected chi connectivity index (χ4v) is 6.69. The van der Waals surface area contributed by atoms with Gasteiger partial charge in [-0.3, -0.25) is 33.3 Å². The summed E-state index contributed by atoms with van der Waals surface area (Å²) in [6.45, 7) is 6.09. The first-order valence-corrected chi connectivity index (χ1v) is 18.7. The number of hydrogen-bond acceptors (Lipinski definition) is 12. The Morgan fingerprint density at radius 2 is 1.75 bits per heavy atom. The Morgan fingerprint density at radius 3 is 2.30 bits per heavy atom.